The normalized spacial score (nSPS) is 15.6. The molecule has 0 bridgehead atoms. The third-order valence-electron chi connectivity index (χ3n) is 4.71. The maximum Gasteiger partial charge on any atom is 0.573 e. The minimum absolute atomic E-state index is 0.512. The third-order valence-corrected chi connectivity index (χ3v) is 5.91. The number of alkyl halides is 6. The highest BCUT2D eigenvalue weighted by Crippen LogP contribution is 2.42. The second kappa shape index (κ2) is 12.8. The SMILES string of the molecule is CC(C)(C)OC(=O)N[C@@H](CC=NS(=O)(=O)CCC(O)(c1ccc(OC(F)(F)F)cc1)C(F)(F)F)C(=O)OC(C)(C)C. The summed E-state index contributed by atoms with van der Waals surface area (Å²) in [4.78, 5) is 24.6. The van der Waals surface area contributed by atoms with Gasteiger partial charge in [0.05, 0.1) is 5.75 Å². The number of nitrogens with one attached hydrogen (secondary N) is 1. The Morgan fingerprint density at radius 3 is 1.90 bits per heavy atom. The van der Waals surface area contributed by atoms with Crippen LogP contribution in [-0.2, 0) is 29.9 Å². The van der Waals surface area contributed by atoms with Gasteiger partial charge in [-0.1, -0.05) is 12.1 Å². The zero-order valence-electron chi connectivity index (χ0n) is 23.0. The van der Waals surface area contributed by atoms with E-state index in [1.54, 1.807) is 20.8 Å². The van der Waals surface area contributed by atoms with Crippen LogP contribution in [0.25, 0.3) is 0 Å². The lowest BCUT2D eigenvalue weighted by atomic mass is 9.90. The van der Waals surface area contributed by atoms with Crippen molar-refractivity contribution in [2.75, 3.05) is 5.75 Å². The van der Waals surface area contributed by atoms with Gasteiger partial charge >= 0.3 is 24.6 Å². The van der Waals surface area contributed by atoms with Gasteiger partial charge in [0, 0.05) is 19.1 Å². The summed E-state index contributed by atoms with van der Waals surface area (Å²) in [6, 6.07) is 0.602. The Kier molecular flexibility index (Phi) is 11.3. The molecule has 0 aliphatic rings. The second-order valence-electron chi connectivity index (χ2n) is 10.7. The molecule has 0 aliphatic heterocycles. The van der Waals surface area contributed by atoms with Crippen LogP contribution in [0.1, 0.15) is 59.9 Å². The summed E-state index contributed by atoms with van der Waals surface area (Å²) < 4.78 is 120. The van der Waals surface area contributed by atoms with E-state index in [9.17, 15) is 49.5 Å². The monoisotopic (exact) mass is 622 g/mol. The van der Waals surface area contributed by atoms with Crippen LogP contribution >= 0.6 is 0 Å². The van der Waals surface area contributed by atoms with Gasteiger partial charge in [-0.25, -0.2) is 18.0 Å². The Hall–Kier alpha value is -3.08. The number of aliphatic hydroxyl groups is 1. The molecule has 0 fully saturated rings. The first-order chi connectivity index (χ1) is 18.2. The molecule has 1 amide bonds. The molecular formula is C24H32F6N2O8S. The van der Waals surface area contributed by atoms with Crippen molar-refractivity contribution in [3.05, 3.63) is 29.8 Å². The first kappa shape index (κ1) is 35.9. The molecule has 0 radical (unpaired) electrons. The van der Waals surface area contributed by atoms with Crippen molar-refractivity contribution < 1.29 is 63.7 Å². The van der Waals surface area contributed by atoms with Gasteiger partial charge in [-0.3, -0.25) is 0 Å². The molecule has 0 saturated heterocycles. The summed E-state index contributed by atoms with van der Waals surface area (Å²) in [7, 11) is -4.69. The molecule has 0 spiro atoms. The predicted octanol–water partition coefficient (Wildman–Crippen LogP) is 4.75. The number of nitrogens with zero attached hydrogens (tertiary/aromatic N) is 1. The molecule has 0 heterocycles. The maximum absolute atomic E-state index is 13.8. The van der Waals surface area contributed by atoms with Crippen molar-refractivity contribution in [2.45, 2.75) is 89.8 Å². The van der Waals surface area contributed by atoms with Crippen molar-refractivity contribution in [1.29, 1.82) is 0 Å². The van der Waals surface area contributed by atoms with Gasteiger partial charge < -0.3 is 24.6 Å². The Labute approximate surface area is 233 Å². The average molecular weight is 623 g/mol. The minimum Gasteiger partial charge on any atom is -0.458 e. The van der Waals surface area contributed by atoms with Crippen molar-refractivity contribution in [2.24, 2.45) is 4.40 Å². The molecule has 0 aliphatic carbocycles. The van der Waals surface area contributed by atoms with Crippen molar-refractivity contribution in [3.63, 3.8) is 0 Å². The summed E-state index contributed by atoms with van der Waals surface area (Å²) in [6.45, 7) is 9.26. The molecule has 0 aromatic heterocycles. The number of carbonyl (C=O) groups is 2. The van der Waals surface area contributed by atoms with E-state index in [4.69, 9.17) is 9.47 Å². The quantitative estimate of drug-likeness (QED) is 0.217. The van der Waals surface area contributed by atoms with E-state index >= 15 is 0 Å². The van der Waals surface area contributed by atoms with Crippen molar-refractivity contribution in [3.8, 4) is 5.75 Å². The number of esters is 1. The number of hydrogen-bond acceptors (Lipinski definition) is 8. The average Bonchev–Trinajstić information content (AvgIpc) is 2.73. The number of sulfonamides is 1. The van der Waals surface area contributed by atoms with Crippen LogP contribution in [0.3, 0.4) is 0 Å². The number of alkyl carbamates (subject to hydrolysis) is 1. The highest BCUT2D eigenvalue weighted by molar-refractivity contribution is 7.90. The number of benzene rings is 1. The lowest BCUT2D eigenvalue weighted by Gasteiger charge is -2.30. The smallest absolute Gasteiger partial charge is 0.458 e. The lowest BCUT2D eigenvalue weighted by molar-refractivity contribution is -0.275. The Morgan fingerprint density at radius 2 is 1.46 bits per heavy atom. The predicted molar refractivity (Wildman–Crippen MR) is 134 cm³/mol. The number of rotatable bonds is 10. The Bertz CT molecular complexity index is 1190. The molecule has 1 rings (SSSR count). The van der Waals surface area contributed by atoms with Gasteiger partial charge in [0.25, 0.3) is 10.0 Å². The van der Waals surface area contributed by atoms with Gasteiger partial charge in [0.1, 0.15) is 23.0 Å². The maximum atomic E-state index is 13.8. The highest BCUT2D eigenvalue weighted by atomic mass is 32.2. The Morgan fingerprint density at radius 1 is 0.951 bits per heavy atom. The van der Waals surface area contributed by atoms with Crippen molar-refractivity contribution in [1.82, 2.24) is 5.32 Å². The number of ether oxygens (including phenoxy) is 3. The zero-order chi connectivity index (χ0) is 32.1. The van der Waals surface area contributed by atoms with Crippen LogP contribution in [0.4, 0.5) is 31.1 Å². The Balaban J connectivity index is 3.09. The van der Waals surface area contributed by atoms with E-state index in [0.29, 0.717) is 30.5 Å². The van der Waals surface area contributed by atoms with Crippen molar-refractivity contribution >= 4 is 28.3 Å². The fraction of sp³-hybridized carbons (Fsp3) is 0.625. The lowest BCUT2D eigenvalue weighted by Crippen LogP contribution is -2.46. The summed E-state index contributed by atoms with van der Waals surface area (Å²) in [6.07, 6.45) is -12.9. The van der Waals surface area contributed by atoms with E-state index in [2.05, 4.69) is 14.5 Å². The van der Waals surface area contributed by atoms with Crippen LogP contribution in [0.15, 0.2) is 28.7 Å². The van der Waals surface area contributed by atoms with Crippen LogP contribution in [0.5, 0.6) is 5.75 Å². The number of carbonyl (C=O) groups excluding carboxylic acids is 2. The number of amides is 1. The van der Waals surface area contributed by atoms with Gasteiger partial charge in [0.15, 0.2) is 5.60 Å². The van der Waals surface area contributed by atoms with E-state index < -0.39 is 87.4 Å². The fourth-order valence-corrected chi connectivity index (χ4v) is 3.98. The first-order valence-corrected chi connectivity index (χ1v) is 13.5. The van der Waals surface area contributed by atoms with Crippen LogP contribution in [-0.4, -0.2) is 67.3 Å². The molecule has 2 N–H and O–H groups in total. The van der Waals surface area contributed by atoms with E-state index in [1.165, 1.54) is 20.8 Å². The standard InChI is InChI=1S/C24H32F6N2O8S/c1-20(2,3)39-18(33)17(32-19(34)40-21(4,5)6)11-13-31-41(36,37)14-12-22(35,23(25,26)27)15-7-9-16(10-8-15)38-24(28,29)30/h7-10,13,17,35H,11-12,14H2,1-6H3,(H,32,34)/t17-,22?/m0/s1. The molecule has 41 heavy (non-hydrogen) atoms. The highest BCUT2D eigenvalue weighted by Gasteiger charge is 2.55. The molecule has 1 aromatic carbocycles. The molecule has 0 saturated carbocycles. The minimum atomic E-state index is -5.43. The fourth-order valence-electron chi connectivity index (χ4n) is 3.01. The molecule has 2 atom stereocenters. The summed E-state index contributed by atoms with van der Waals surface area (Å²) in [5, 5.41) is 12.6. The van der Waals surface area contributed by atoms with Crippen LogP contribution < -0.4 is 10.1 Å². The summed E-state index contributed by atoms with van der Waals surface area (Å²) in [5.74, 6) is -3.18. The van der Waals surface area contributed by atoms with E-state index in [-0.39, 0.29) is 0 Å². The molecule has 1 aromatic rings. The zero-order valence-corrected chi connectivity index (χ0v) is 23.8. The largest absolute Gasteiger partial charge is 0.573 e. The van der Waals surface area contributed by atoms with Crippen LogP contribution in [0, 0.1) is 0 Å². The summed E-state index contributed by atoms with van der Waals surface area (Å²) >= 11 is 0. The molecule has 10 nitrogen and oxygen atoms in total. The van der Waals surface area contributed by atoms with E-state index in [0.717, 1.165) is 0 Å². The molecule has 234 valence electrons. The topological polar surface area (TPSA) is 141 Å². The van der Waals surface area contributed by atoms with Gasteiger partial charge in [0.2, 0.25) is 0 Å². The van der Waals surface area contributed by atoms with E-state index in [1.807, 2.05) is 0 Å². The number of hydrogen-bond donors (Lipinski definition) is 2. The third kappa shape index (κ3) is 13.0. The first-order valence-electron chi connectivity index (χ1n) is 11.9. The summed E-state index contributed by atoms with van der Waals surface area (Å²) in [5.41, 5.74) is -6.65. The number of halogens is 6. The van der Waals surface area contributed by atoms with Gasteiger partial charge in [-0.2, -0.15) is 17.6 Å². The molecule has 1 unspecified atom stereocenters. The second-order valence-corrected chi connectivity index (χ2v) is 12.5. The van der Waals surface area contributed by atoms with Gasteiger partial charge in [-0.15, -0.1) is 13.2 Å². The molecular weight excluding hydrogens is 590 g/mol. The van der Waals surface area contributed by atoms with Gasteiger partial charge in [-0.05, 0) is 59.2 Å². The van der Waals surface area contributed by atoms with Crippen LogP contribution in [0.2, 0.25) is 0 Å². The molecule has 17 heteroatoms.